The van der Waals surface area contributed by atoms with Crippen LogP contribution >= 0.6 is 0 Å². The second-order valence-corrected chi connectivity index (χ2v) is 2.67. The summed E-state index contributed by atoms with van der Waals surface area (Å²) in [5.74, 6) is 0. The zero-order valence-electron chi connectivity index (χ0n) is 7.52. The summed E-state index contributed by atoms with van der Waals surface area (Å²) in [5.41, 5.74) is 1.25. The number of pyridine rings is 1. The number of allylic oxidation sites excluding steroid dienone is 1. The Bertz CT molecular complexity index is 359. The molecule has 0 saturated heterocycles. The average molecular weight is 178 g/mol. The summed E-state index contributed by atoms with van der Waals surface area (Å²) in [7, 11) is 0. The van der Waals surface area contributed by atoms with E-state index in [4.69, 9.17) is 0 Å². The van der Waals surface area contributed by atoms with Gasteiger partial charge in [-0.3, -0.25) is 10.1 Å². The van der Waals surface area contributed by atoms with Crippen LogP contribution in [0.15, 0.2) is 18.3 Å². The molecule has 0 fully saturated rings. The molecule has 0 aliphatic heterocycles. The zero-order chi connectivity index (χ0) is 9.84. The molecule has 4 nitrogen and oxygen atoms in total. The Balaban J connectivity index is 3.26. The first-order chi connectivity index (χ1) is 6.15. The first kappa shape index (κ1) is 9.38. The number of hydrogen-bond acceptors (Lipinski definition) is 3. The van der Waals surface area contributed by atoms with Crippen LogP contribution in [0.1, 0.15) is 18.2 Å². The van der Waals surface area contributed by atoms with Crippen molar-refractivity contribution in [2.45, 2.75) is 13.8 Å². The molecule has 0 aromatic carbocycles. The van der Waals surface area contributed by atoms with Crippen LogP contribution in [0.4, 0.5) is 5.69 Å². The maximum absolute atomic E-state index is 10.6. The molecule has 4 heteroatoms. The number of nitrogens with zero attached hydrogens (tertiary/aromatic N) is 2. The minimum absolute atomic E-state index is 0.0538. The van der Waals surface area contributed by atoms with Crippen molar-refractivity contribution in [1.82, 2.24) is 4.98 Å². The molecule has 0 spiro atoms. The lowest BCUT2D eigenvalue weighted by atomic mass is 10.2. The highest BCUT2D eigenvalue weighted by Gasteiger charge is 2.11. The Morgan fingerprint density at radius 1 is 1.62 bits per heavy atom. The van der Waals surface area contributed by atoms with Crippen molar-refractivity contribution in [1.29, 1.82) is 0 Å². The molecule has 1 aromatic rings. The van der Waals surface area contributed by atoms with Crippen LogP contribution in [0.3, 0.4) is 0 Å². The third-order valence-corrected chi connectivity index (χ3v) is 1.56. The van der Waals surface area contributed by atoms with E-state index >= 15 is 0 Å². The summed E-state index contributed by atoms with van der Waals surface area (Å²) in [6.07, 6.45) is 4.96. The Morgan fingerprint density at radius 3 is 2.85 bits per heavy atom. The summed E-state index contributed by atoms with van der Waals surface area (Å²) in [5, 5.41) is 10.6. The van der Waals surface area contributed by atoms with Crippen LogP contribution in [0.25, 0.3) is 6.08 Å². The Morgan fingerprint density at radius 2 is 2.31 bits per heavy atom. The molecule has 1 rings (SSSR count). The van der Waals surface area contributed by atoms with Crippen molar-refractivity contribution in [3.8, 4) is 0 Å². The molecule has 0 aliphatic carbocycles. The van der Waals surface area contributed by atoms with Crippen molar-refractivity contribution in [2.75, 3.05) is 0 Å². The normalized spacial score (nSPS) is 10.6. The van der Waals surface area contributed by atoms with Gasteiger partial charge >= 0.3 is 0 Å². The molecule has 0 unspecified atom stereocenters. The van der Waals surface area contributed by atoms with E-state index in [1.807, 2.05) is 0 Å². The summed E-state index contributed by atoms with van der Waals surface area (Å²) < 4.78 is 0. The van der Waals surface area contributed by atoms with Gasteiger partial charge in [0.05, 0.1) is 4.92 Å². The van der Waals surface area contributed by atoms with Crippen LogP contribution < -0.4 is 0 Å². The molecule has 0 saturated carbocycles. The molecular formula is C9H10N2O2. The molecule has 0 radical (unpaired) electrons. The van der Waals surface area contributed by atoms with E-state index in [1.165, 1.54) is 6.07 Å². The zero-order valence-corrected chi connectivity index (χ0v) is 7.52. The predicted molar refractivity (Wildman–Crippen MR) is 50.3 cm³/mol. The number of nitro groups is 1. The van der Waals surface area contributed by atoms with Crippen LogP contribution in [-0.4, -0.2) is 9.91 Å². The smallest absolute Gasteiger partial charge is 0.258 e. The van der Waals surface area contributed by atoms with Gasteiger partial charge in [-0.2, -0.15) is 0 Å². The van der Waals surface area contributed by atoms with E-state index in [-0.39, 0.29) is 5.69 Å². The fraction of sp³-hybridized carbons (Fsp3) is 0.222. The van der Waals surface area contributed by atoms with Crippen LogP contribution in [0, 0.1) is 17.0 Å². The molecule has 1 heterocycles. The maximum atomic E-state index is 10.6. The summed E-state index contributed by atoms with van der Waals surface area (Å²) in [6, 6.07) is 1.52. The molecular weight excluding hydrogens is 168 g/mol. The van der Waals surface area contributed by atoms with E-state index in [2.05, 4.69) is 4.98 Å². The van der Waals surface area contributed by atoms with Gasteiger partial charge in [0.25, 0.3) is 5.69 Å². The highest BCUT2D eigenvalue weighted by atomic mass is 16.6. The van der Waals surface area contributed by atoms with Crippen molar-refractivity contribution >= 4 is 11.8 Å². The van der Waals surface area contributed by atoms with Gasteiger partial charge in [-0.05, 0) is 25.5 Å². The second-order valence-electron chi connectivity index (χ2n) is 2.67. The highest BCUT2D eigenvalue weighted by molar-refractivity contribution is 5.56. The largest absolute Gasteiger partial charge is 0.295 e. The van der Waals surface area contributed by atoms with Gasteiger partial charge in [-0.25, -0.2) is 4.98 Å². The summed E-state index contributed by atoms with van der Waals surface area (Å²) >= 11 is 0. The first-order valence-electron chi connectivity index (χ1n) is 3.89. The molecule has 1 aromatic heterocycles. The highest BCUT2D eigenvalue weighted by Crippen LogP contribution is 2.18. The van der Waals surface area contributed by atoms with E-state index in [9.17, 15) is 10.1 Å². The van der Waals surface area contributed by atoms with Gasteiger partial charge < -0.3 is 0 Å². The maximum Gasteiger partial charge on any atom is 0.295 e. The van der Waals surface area contributed by atoms with E-state index in [0.29, 0.717) is 5.69 Å². The van der Waals surface area contributed by atoms with Crippen molar-refractivity contribution in [3.05, 3.63) is 39.7 Å². The van der Waals surface area contributed by atoms with Crippen molar-refractivity contribution < 1.29 is 4.92 Å². The fourth-order valence-electron chi connectivity index (χ4n) is 0.997. The Kier molecular flexibility index (Phi) is 2.74. The lowest BCUT2D eigenvalue weighted by Gasteiger charge is -1.97. The number of aromatic nitrogens is 1. The predicted octanol–water partition coefficient (Wildman–Crippen LogP) is 2.33. The molecule has 0 aliphatic rings. The molecule has 68 valence electrons. The molecule has 0 atom stereocenters. The number of hydrogen-bond donors (Lipinski definition) is 0. The third-order valence-electron chi connectivity index (χ3n) is 1.56. The lowest BCUT2D eigenvalue weighted by Crippen LogP contribution is -1.94. The third kappa shape index (κ3) is 2.11. The standard InChI is InChI=1S/C9H10N2O2/c1-3-4-8-9(11(12)13)5-7(2)6-10-8/h3-6H,1-2H3/b4-3+. The molecule has 0 bridgehead atoms. The second kappa shape index (κ2) is 3.80. The SMILES string of the molecule is C/C=C/c1ncc(C)cc1[N+](=O)[O-]. The van der Waals surface area contributed by atoms with Crippen molar-refractivity contribution in [2.24, 2.45) is 0 Å². The van der Waals surface area contributed by atoms with E-state index < -0.39 is 4.92 Å². The monoisotopic (exact) mass is 178 g/mol. The first-order valence-corrected chi connectivity index (χ1v) is 3.89. The van der Waals surface area contributed by atoms with Gasteiger partial charge in [-0.1, -0.05) is 6.08 Å². The number of aryl methyl sites for hydroxylation is 1. The Hall–Kier alpha value is -1.71. The van der Waals surface area contributed by atoms with Gasteiger partial charge in [0.2, 0.25) is 0 Å². The van der Waals surface area contributed by atoms with Crippen LogP contribution in [-0.2, 0) is 0 Å². The molecule has 13 heavy (non-hydrogen) atoms. The van der Waals surface area contributed by atoms with Crippen molar-refractivity contribution in [3.63, 3.8) is 0 Å². The summed E-state index contributed by atoms with van der Waals surface area (Å²) in [4.78, 5) is 14.1. The quantitative estimate of drug-likeness (QED) is 0.515. The minimum Gasteiger partial charge on any atom is -0.258 e. The number of rotatable bonds is 2. The molecule has 0 amide bonds. The fourth-order valence-corrected chi connectivity index (χ4v) is 0.997. The van der Waals surface area contributed by atoms with Crippen LogP contribution in [0.2, 0.25) is 0 Å². The van der Waals surface area contributed by atoms with Gasteiger partial charge in [0, 0.05) is 12.3 Å². The topological polar surface area (TPSA) is 56.0 Å². The average Bonchev–Trinajstić information content (AvgIpc) is 2.08. The van der Waals surface area contributed by atoms with E-state index in [1.54, 1.807) is 32.2 Å². The van der Waals surface area contributed by atoms with Gasteiger partial charge in [0.15, 0.2) is 0 Å². The molecule has 0 N–H and O–H groups in total. The Labute approximate surface area is 76.1 Å². The van der Waals surface area contributed by atoms with Crippen LogP contribution in [0.5, 0.6) is 0 Å². The van der Waals surface area contributed by atoms with Gasteiger partial charge in [0.1, 0.15) is 5.69 Å². The lowest BCUT2D eigenvalue weighted by molar-refractivity contribution is -0.385. The van der Waals surface area contributed by atoms with E-state index in [0.717, 1.165) is 5.56 Å². The summed E-state index contributed by atoms with van der Waals surface area (Å²) in [6.45, 7) is 3.57. The van der Waals surface area contributed by atoms with Gasteiger partial charge in [-0.15, -0.1) is 0 Å². The minimum atomic E-state index is -0.421.